The van der Waals surface area contributed by atoms with E-state index < -0.39 is 0 Å². The average Bonchev–Trinajstić information content (AvgIpc) is 3.01. The van der Waals surface area contributed by atoms with Crippen LogP contribution in [0, 0.1) is 0 Å². The minimum absolute atomic E-state index is 0.153. The maximum atomic E-state index is 13.1. The quantitative estimate of drug-likeness (QED) is 0.696. The first-order chi connectivity index (χ1) is 9.74. The van der Waals surface area contributed by atoms with Crippen LogP contribution in [0.5, 0.6) is 0 Å². The van der Waals surface area contributed by atoms with E-state index in [0.29, 0.717) is 22.8 Å². The van der Waals surface area contributed by atoms with E-state index in [1.807, 2.05) is 11.3 Å². The monoisotopic (exact) mass is 353 g/mol. The van der Waals surface area contributed by atoms with Gasteiger partial charge < -0.3 is 4.90 Å². The van der Waals surface area contributed by atoms with Crippen molar-refractivity contribution in [3.63, 3.8) is 0 Å². The van der Waals surface area contributed by atoms with Crippen LogP contribution in [-0.2, 0) is 11.2 Å². The van der Waals surface area contributed by atoms with E-state index >= 15 is 0 Å². The summed E-state index contributed by atoms with van der Waals surface area (Å²) in [6.45, 7) is 0. The molecule has 2 fully saturated rings. The average molecular weight is 354 g/mol. The Hall–Kier alpha value is -0.350. The molecule has 2 nitrogen and oxygen atoms in total. The fourth-order valence-electron chi connectivity index (χ4n) is 4.39. The molecule has 4 rings (SSSR count). The van der Waals surface area contributed by atoms with Crippen molar-refractivity contribution < 1.29 is 4.79 Å². The molecule has 3 heterocycles. The Kier molecular flexibility index (Phi) is 3.42. The molecule has 3 atom stereocenters. The van der Waals surface area contributed by atoms with Crippen LogP contribution in [0.3, 0.4) is 0 Å². The number of hydrogen-bond acceptors (Lipinski definition) is 2. The van der Waals surface area contributed by atoms with E-state index in [1.54, 1.807) is 0 Å². The molecule has 0 N–H and O–H groups in total. The Bertz CT molecular complexity index is 514. The molecule has 0 aromatic carbocycles. The van der Waals surface area contributed by atoms with E-state index in [9.17, 15) is 4.79 Å². The van der Waals surface area contributed by atoms with Gasteiger partial charge in [0.15, 0.2) is 0 Å². The van der Waals surface area contributed by atoms with Crippen LogP contribution in [0.4, 0.5) is 0 Å². The number of hydrogen-bond donors (Lipinski definition) is 0. The summed E-state index contributed by atoms with van der Waals surface area (Å²) in [7, 11) is 0. The van der Waals surface area contributed by atoms with Crippen molar-refractivity contribution in [3.05, 3.63) is 21.9 Å². The molecule has 1 aliphatic carbocycles. The fourth-order valence-corrected chi connectivity index (χ4v) is 6.24. The van der Waals surface area contributed by atoms with Gasteiger partial charge in [-0.2, -0.15) is 0 Å². The third kappa shape index (κ3) is 2.07. The highest BCUT2D eigenvalue weighted by molar-refractivity contribution is 9.09. The van der Waals surface area contributed by atoms with Crippen LogP contribution in [-0.4, -0.2) is 27.7 Å². The number of carbonyl (C=O) groups excluding carboxylic acids is 1. The number of aryl methyl sites for hydroxylation is 1. The predicted octanol–water partition coefficient (Wildman–Crippen LogP) is 4.08. The maximum Gasteiger partial charge on any atom is 0.230 e. The summed E-state index contributed by atoms with van der Waals surface area (Å²) in [6.07, 6.45) is 8.11. The molecule has 2 bridgehead atoms. The van der Waals surface area contributed by atoms with Gasteiger partial charge in [0.05, 0.1) is 5.92 Å². The highest BCUT2D eigenvalue weighted by atomic mass is 79.9. The molecule has 0 spiro atoms. The van der Waals surface area contributed by atoms with Gasteiger partial charge in [-0.25, -0.2) is 0 Å². The van der Waals surface area contributed by atoms with Gasteiger partial charge in [0, 0.05) is 21.8 Å². The van der Waals surface area contributed by atoms with Crippen molar-refractivity contribution >= 4 is 33.2 Å². The SMILES string of the molecule is O=C(C1CCCc2sccc21)N1C2CCC1CC(Br)C2. The first-order valence-electron chi connectivity index (χ1n) is 7.76. The Labute approximate surface area is 132 Å². The van der Waals surface area contributed by atoms with Crippen molar-refractivity contribution in [3.8, 4) is 0 Å². The lowest BCUT2D eigenvalue weighted by Gasteiger charge is -2.40. The van der Waals surface area contributed by atoms with Gasteiger partial charge in [0.2, 0.25) is 5.91 Å². The van der Waals surface area contributed by atoms with Crippen LogP contribution in [0.1, 0.15) is 54.9 Å². The number of alkyl halides is 1. The normalized spacial score (nSPS) is 36.0. The van der Waals surface area contributed by atoms with Gasteiger partial charge >= 0.3 is 0 Å². The molecule has 1 aromatic rings. The van der Waals surface area contributed by atoms with Crippen molar-refractivity contribution in [1.29, 1.82) is 0 Å². The van der Waals surface area contributed by atoms with Gasteiger partial charge in [0.1, 0.15) is 0 Å². The Morgan fingerprint density at radius 3 is 2.75 bits per heavy atom. The zero-order chi connectivity index (χ0) is 13.7. The second-order valence-electron chi connectivity index (χ2n) is 6.44. The molecule has 1 aromatic heterocycles. The molecule has 0 radical (unpaired) electrons. The van der Waals surface area contributed by atoms with Crippen LogP contribution < -0.4 is 0 Å². The molecular formula is C16H20BrNOS. The molecule has 3 aliphatic rings. The summed E-state index contributed by atoms with van der Waals surface area (Å²) in [6, 6.07) is 3.19. The Morgan fingerprint density at radius 1 is 1.25 bits per heavy atom. The smallest absolute Gasteiger partial charge is 0.230 e. The van der Waals surface area contributed by atoms with Crippen molar-refractivity contribution in [2.75, 3.05) is 0 Å². The number of piperidine rings is 1. The standard InChI is InChI=1S/C16H20BrNOS/c17-10-8-11-4-5-12(9-10)18(11)16(19)14-2-1-3-15-13(14)6-7-20-15/h6-7,10-12,14H,1-5,8-9H2. The molecule has 108 valence electrons. The van der Waals surface area contributed by atoms with Crippen molar-refractivity contribution in [2.24, 2.45) is 0 Å². The molecule has 1 amide bonds. The summed E-state index contributed by atoms with van der Waals surface area (Å²) in [5.41, 5.74) is 1.34. The number of nitrogens with zero attached hydrogens (tertiary/aromatic N) is 1. The number of rotatable bonds is 1. The van der Waals surface area contributed by atoms with E-state index in [-0.39, 0.29) is 5.92 Å². The summed E-state index contributed by atoms with van der Waals surface area (Å²) < 4.78 is 0. The Balaban J connectivity index is 1.60. The van der Waals surface area contributed by atoms with Gasteiger partial charge in [0.25, 0.3) is 0 Å². The largest absolute Gasteiger partial charge is 0.336 e. The lowest BCUT2D eigenvalue weighted by atomic mass is 9.85. The van der Waals surface area contributed by atoms with Crippen LogP contribution in [0.15, 0.2) is 11.4 Å². The topological polar surface area (TPSA) is 20.3 Å². The van der Waals surface area contributed by atoms with Crippen LogP contribution in [0.2, 0.25) is 0 Å². The molecule has 2 saturated heterocycles. The second-order valence-corrected chi connectivity index (χ2v) is 8.74. The molecule has 0 saturated carbocycles. The Morgan fingerprint density at radius 2 is 2.00 bits per heavy atom. The van der Waals surface area contributed by atoms with Crippen LogP contribution >= 0.6 is 27.3 Å². The molecule has 20 heavy (non-hydrogen) atoms. The van der Waals surface area contributed by atoms with Crippen molar-refractivity contribution in [1.82, 2.24) is 4.90 Å². The summed E-state index contributed by atoms with van der Waals surface area (Å²) in [5, 5.41) is 2.16. The lowest BCUT2D eigenvalue weighted by Crippen LogP contribution is -2.49. The predicted molar refractivity (Wildman–Crippen MR) is 85.6 cm³/mol. The molecule has 4 heteroatoms. The first-order valence-corrected chi connectivity index (χ1v) is 9.56. The number of thiophene rings is 1. The van der Waals surface area contributed by atoms with Gasteiger partial charge in [-0.05, 0) is 62.0 Å². The zero-order valence-corrected chi connectivity index (χ0v) is 14.0. The zero-order valence-electron chi connectivity index (χ0n) is 11.6. The number of carbonyl (C=O) groups is 1. The summed E-state index contributed by atoms with van der Waals surface area (Å²) in [5.74, 6) is 0.580. The third-order valence-electron chi connectivity index (χ3n) is 5.28. The minimum Gasteiger partial charge on any atom is -0.336 e. The van der Waals surface area contributed by atoms with Gasteiger partial charge in [-0.3, -0.25) is 4.79 Å². The van der Waals surface area contributed by atoms with E-state index in [2.05, 4.69) is 32.3 Å². The molecule has 2 aliphatic heterocycles. The number of fused-ring (bicyclic) bond motifs is 3. The molecular weight excluding hydrogens is 334 g/mol. The fraction of sp³-hybridized carbons (Fsp3) is 0.688. The van der Waals surface area contributed by atoms with Crippen molar-refractivity contribution in [2.45, 2.75) is 67.8 Å². The minimum atomic E-state index is 0.153. The number of halogens is 1. The van der Waals surface area contributed by atoms with E-state index in [4.69, 9.17) is 0 Å². The number of amides is 1. The van der Waals surface area contributed by atoms with Crippen LogP contribution in [0.25, 0.3) is 0 Å². The first kappa shape index (κ1) is 13.3. The second kappa shape index (κ2) is 5.13. The molecule has 3 unspecified atom stereocenters. The van der Waals surface area contributed by atoms with Gasteiger partial charge in [-0.1, -0.05) is 15.9 Å². The maximum absolute atomic E-state index is 13.1. The summed E-state index contributed by atoms with van der Waals surface area (Å²) >= 11 is 5.60. The highest BCUT2D eigenvalue weighted by Gasteiger charge is 2.45. The van der Waals surface area contributed by atoms with Gasteiger partial charge in [-0.15, -0.1) is 11.3 Å². The van der Waals surface area contributed by atoms with E-state index in [0.717, 1.165) is 19.3 Å². The third-order valence-corrected chi connectivity index (χ3v) is 7.02. The lowest BCUT2D eigenvalue weighted by molar-refractivity contribution is -0.137. The van der Waals surface area contributed by atoms with E-state index in [1.165, 1.54) is 36.1 Å². The highest BCUT2D eigenvalue weighted by Crippen LogP contribution is 2.43. The summed E-state index contributed by atoms with van der Waals surface area (Å²) in [4.78, 5) is 17.4.